The second kappa shape index (κ2) is 5.33. The van der Waals surface area contributed by atoms with Gasteiger partial charge >= 0.3 is 0 Å². The molecule has 0 unspecified atom stereocenters. The number of anilines is 1. The largest absolute Gasteiger partial charge is 0.508 e. The molecule has 0 saturated heterocycles. The molecule has 0 atom stereocenters. The van der Waals surface area contributed by atoms with Crippen LogP contribution in [-0.2, 0) is 13.1 Å². The van der Waals surface area contributed by atoms with Crippen LogP contribution in [0.3, 0.4) is 0 Å². The summed E-state index contributed by atoms with van der Waals surface area (Å²) in [5, 5.41) is 13.3. The number of rotatable bonds is 2. The third-order valence-corrected chi connectivity index (χ3v) is 3.56. The van der Waals surface area contributed by atoms with E-state index in [1.54, 1.807) is 6.07 Å². The summed E-state index contributed by atoms with van der Waals surface area (Å²) in [6, 6.07) is 16.0. The van der Waals surface area contributed by atoms with Crippen molar-refractivity contribution in [3.8, 4) is 5.75 Å². The molecule has 19 heavy (non-hydrogen) atoms. The molecule has 2 aromatic carbocycles. The monoisotopic (exact) mass is 254 g/mol. The van der Waals surface area contributed by atoms with Crippen molar-refractivity contribution >= 4 is 5.69 Å². The zero-order chi connectivity index (χ0) is 13.1. The molecule has 0 fully saturated rings. The molecule has 1 heterocycles. The lowest BCUT2D eigenvalue weighted by molar-refractivity contribution is 0.467. The van der Waals surface area contributed by atoms with Crippen LogP contribution < -0.4 is 10.2 Å². The Morgan fingerprint density at radius 3 is 2.74 bits per heavy atom. The predicted molar refractivity (Wildman–Crippen MR) is 77.3 cm³/mol. The Morgan fingerprint density at radius 1 is 1.05 bits per heavy atom. The van der Waals surface area contributed by atoms with Gasteiger partial charge in [-0.15, -0.1) is 0 Å². The number of phenolic OH excluding ortho intramolecular Hbond substituents is 1. The van der Waals surface area contributed by atoms with E-state index < -0.39 is 0 Å². The van der Waals surface area contributed by atoms with Crippen LogP contribution in [0.4, 0.5) is 5.69 Å². The van der Waals surface area contributed by atoms with Crippen LogP contribution in [0.15, 0.2) is 48.5 Å². The van der Waals surface area contributed by atoms with Crippen LogP contribution >= 0.6 is 0 Å². The highest BCUT2D eigenvalue weighted by atomic mass is 16.3. The summed E-state index contributed by atoms with van der Waals surface area (Å²) in [6.07, 6.45) is 0. The molecular formula is C16H18N2O. The molecule has 2 aromatic rings. The van der Waals surface area contributed by atoms with Gasteiger partial charge in [0.15, 0.2) is 0 Å². The van der Waals surface area contributed by atoms with Crippen LogP contribution in [0.2, 0.25) is 0 Å². The molecule has 0 bridgehead atoms. The van der Waals surface area contributed by atoms with Crippen molar-refractivity contribution in [2.75, 3.05) is 18.0 Å². The van der Waals surface area contributed by atoms with Crippen molar-refractivity contribution in [3.05, 3.63) is 59.7 Å². The summed E-state index contributed by atoms with van der Waals surface area (Å²) in [7, 11) is 0. The first-order chi connectivity index (χ1) is 9.34. The van der Waals surface area contributed by atoms with Gasteiger partial charge in [0.1, 0.15) is 5.75 Å². The van der Waals surface area contributed by atoms with E-state index in [1.165, 1.54) is 11.3 Å². The van der Waals surface area contributed by atoms with E-state index >= 15 is 0 Å². The average molecular weight is 254 g/mol. The summed E-state index contributed by atoms with van der Waals surface area (Å²) >= 11 is 0. The molecule has 0 aromatic heterocycles. The first-order valence-corrected chi connectivity index (χ1v) is 6.65. The lowest BCUT2D eigenvalue weighted by atomic mass is 10.1. The minimum atomic E-state index is 0.372. The van der Waals surface area contributed by atoms with E-state index in [0.717, 1.165) is 31.7 Å². The fourth-order valence-corrected chi connectivity index (χ4v) is 2.54. The zero-order valence-corrected chi connectivity index (χ0v) is 10.8. The highest BCUT2D eigenvalue weighted by Gasteiger charge is 2.15. The molecule has 3 rings (SSSR count). The number of aromatic hydroxyl groups is 1. The van der Waals surface area contributed by atoms with Gasteiger partial charge in [0.2, 0.25) is 0 Å². The van der Waals surface area contributed by atoms with Gasteiger partial charge < -0.3 is 15.3 Å². The standard InChI is InChI=1S/C16H18N2O/c19-16-8-4-2-6-14(16)12-18-10-9-17-11-13-5-1-3-7-15(13)18/h1-8,17,19H,9-12H2. The molecule has 2 N–H and O–H groups in total. The van der Waals surface area contributed by atoms with Crippen molar-refractivity contribution in [2.45, 2.75) is 13.1 Å². The van der Waals surface area contributed by atoms with Crippen molar-refractivity contribution in [1.29, 1.82) is 0 Å². The topological polar surface area (TPSA) is 35.5 Å². The van der Waals surface area contributed by atoms with E-state index in [9.17, 15) is 5.11 Å². The van der Waals surface area contributed by atoms with Crippen LogP contribution in [0.1, 0.15) is 11.1 Å². The summed E-state index contributed by atoms with van der Waals surface area (Å²) in [4.78, 5) is 2.32. The fraction of sp³-hybridized carbons (Fsp3) is 0.250. The molecule has 0 saturated carbocycles. The van der Waals surface area contributed by atoms with Crippen molar-refractivity contribution in [2.24, 2.45) is 0 Å². The highest BCUT2D eigenvalue weighted by molar-refractivity contribution is 5.55. The highest BCUT2D eigenvalue weighted by Crippen LogP contribution is 2.26. The Labute approximate surface area is 113 Å². The van der Waals surface area contributed by atoms with Gasteiger partial charge in [0, 0.05) is 37.4 Å². The smallest absolute Gasteiger partial charge is 0.120 e. The molecule has 0 amide bonds. The van der Waals surface area contributed by atoms with Crippen LogP contribution in [0.5, 0.6) is 5.75 Å². The minimum absolute atomic E-state index is 0.372. The molecule has 0 radical (unpaired) electrons. The lowest BCUT2D eigenvalue weighted by Gasteiger charge is -2.25. The second-order valence-corrected chi connectivity index (χ2v) is 4.86. The molecule has 0 aliphatic carbocycles. The van der Waals surface area contributed by atoms with E-state index in [-0.39, 0.29) is 0 Å². The predicted octanol–water partition coefficient (Wildman–Crippen LogP) is 2.50. The molecular weight excluding hydrogens is 236 g/mol. The number of phenols is 1. The van der Waals surface area contributed by atoms with Gasteiger partial charge in [-0.1, -0.05) is 36.4 Å². The lowest BCUT2D eigenvalue weighted by Crippen LogP contribution is -2.28. The third kappa shape index (κ3) is 2.56. The molecule has 3 heteroatoms. The molecule has 98 valence electrons. The van der Waals surface area contributed by atoms with Gasteiger partial charge in [-0.25, -0.2) is 0 Å². The molecule has 3 nitrogen and oxygen atoms in total. The Bertz CT molecular complexity index is 568. The first kappa shape index (κ1) is 12.1. The van der Waals surface area contributed by atoms with E-state index in [0.29, 0.717) is 5.75 Å². The Kier molecular flexibility index (Phi) is 3.38. The van der Waals surface area contributed by atoms with E-state index in [4.69, 9.17) is 0 Å². The Morgan fingerprint density at radius 2 is 1.84 bits per heavy atom. The van der Waals surface area contributed by atoms with Gasteiger partial charge in [-0.05, 0) is 17.7 Å². The number of hydrogen-bond donors (Lipinski definition) is 2. The van der Waals surface area contributed by atoms with E-state index in [2.05, 4.69) is 34.5 Å². The number of nitrogens with zero attached hydrogens (tertiary/aromatic N) is 1. The third-order valence-electron chi connectivity index (χ3n) is 3.56. The number of hydrogen-bond acceptors (Lipinski definition) is 3. The van der Waals surface area contributed by atoms with Gasteiger partial charge in [0.05, 0.1) is 0 Å². The Hall–Kier alpha value is -2.00. The summed E-state index contributed by atoms with van der Waals surface area (Å²) in [5.74, 6) is 0.372. The van der Waals surface area contributed by atoms with Crippen LogP contribution in [0, 0.1) is 0 Å². The fourth-order valence-electron chi connectivity index (χ4n) is 2.54. The van der Waals surface area contributed by atoms with Crippen LogP contribution in [0.25, 0.3) is 0 Å². The second-order valence-electron chi connectivity index (χ2n) is 4.86. The van der Waals surface area contributed by atoms with Gasteiger partial charge in [-0.2, -0.15) is 0 Å². The number of fused-ring (bicyclic) bond motifs is 1. The maximum Gasteiger partial charge on any atom is 0.120 e. The van der Waals surface area contributed by atoms with Crippen molar-refractivity contribution in [3.63, 3.8) is 0 Å². The van der Waals surface area contributed by atoms with Crippen LogP contribution in [-0.4, -0.2) is 18.2 Å². The maximum absolute atomic E-state index is 9.92. The molecule has 0 spiro atoms. The number of nitrogens with one attached hydrogen (secondary N) is 1. The first-order valence-electron chi connectivity index (χ1n) is 6.65. The van der Waals surface area contributed by atoms with Crippen molar-refractivity contribution < 1.29 is 5.11 Å². The van der Waals surface area contributed by atoms with Crippen molar-refractivity contribution in [1.82, 2.24) is 5.32 Å². The number of para-hydroxylation sites is 2. The number of benzene rings is 2. The normalized spacial score (nSPS) is 14.8. The Balaban J connectivity index is 1.91. The van der Waals surface area contributed by atoms with E-state index in [1.807, 2.05) is 18.2 Å². The summed E-state index contributed by atoms with van der Waals surface area (Å²) in [6.45, 7) is 3.56. The molecule has 1 aliphatic rings. The minimum Gasteiger partial charge on any atom is -0.508 e. The van der Waals surface area contributed by atoms with Gasteiger partial charge in [0.25, 0.3) is 0 Å². The summed E-state index contributed by atoms with van der Waals surface area (Å²) in [5.41, 5.74) is 3.55. The summed E-state index contributed by atoms with van der Waals surface area (Å²) < 4.78 is 0. The quantitative estimate of drug-likeness (QED) is 0.864. The molecule has 1 aliphatic heterocycles. The maximum atomic E-state index is 9.92. The van der Waals surface area contributed by atoms with Gasteiger partial charge in [-0.3, -0.25) is 0 Å². The zero-order valence-electron chi connectivity index (χ0n) is 10.8. The average Bonchev–Trinajstić information content (AvgIpc) is 2.64. The SMILES string of the molecule is Oc1ccccc1CN1CCNCc2ccccc21.